The number of hydrogen-bond donors (Lipinski definition) is 0. The lowest BCUT2D eigenvalue weighted by Gasteiger charge is -2.30. The van der Waals surface area contributed by atoms with E-state index in [4.69, 9.17) is 6.42 Å². The minimum Gasteiger partial charge on any atom is -0.115 e. The summed E-state index contributed by atoms with van der Waals surface area (Å²) >= 11 is 0. The minimum absolute atomic E-state index is 0.869. The Bertz CT molecular complexity index is 356. The van der Waals surface area contributed by atoms with Crippen LogP contribution >= 0.6 is 0 Å². The molecule has 0 saturated heterocycles. The Kier molecular flexibility index (Phi) is 4.11. The van der Waals surface area contributed by atoms with Crippen molar-refractivity contribution in [1.82, 2.24) is 0 Å². The molecule has 0 N–H and O–H groups in total. The fourth-order valence-electron chi connectivity index (χ4n) is 3.55. The standard InChI is InChI=1S/C17H24/c1-4-6-16-12-17(11-14(16)5-2)15-9-7-13(3)8-10-15/h1,5-6,13,15,17H,7-12H2,2-3H3/b14-5-,16-6-. The summed E-state index contributed by atoms with van der Waals surface area (Å²) in [5.41, 5.74) is 2.94. The van der Waals surface area contributed by atoms with Gasteiger partial charge in [0.25, 0.3) is 0 Å². The van der Waals surface area contributed by atoms with E-state index in [1.807, 2.05) is 6.08 Å². The van der Waals surface area contributed by atoms with Crippen LogP contribution in [-0.4, -0.2) is 0 Å². The highest BCUT2D eigenvalue weighted by molar-refractivity contribution is 5.39. The minimum atomic E-state index is 0.869. The highest BCUT2D eigenvalue weighted by atomic mass is 14.4. The van der Waals surface area contributed by atoms with Gasteiger partial charge < -0.3 is 0 Å². The van der Waals surface area contributed by atoms with Crippen LogP contribution in [0.1, 0.15) is 52.4 Å². The number of allylic oxidation sites excluding steroid dienone is 4. The van der Waals surface area contributed by atoms with Crippen molar-refractivity contribution in [3.63, 3.8) is 0 Å². The Morgan fingerprint density at radius 2 is 1.71 bits per heavy atom. The molecule has 0 radical (unpaired) electrons. The second-order valence-electron chi connectivity index (χ2n) is 5.84. The van der Waals surface area contributed by atoms with E-state index >= 15 is 0 Å². The van der Waals surface area contributed by atoms with Crippen LogP contribution in [0.15, 0.2) is 23.3 Å². The average molecular weight is 228 g/mol. The molecule has 2 fully saturated rings. The highest BCUT2D eigenvalue weighted by Gasteiger charge is 2.31. The topological polar surface area (TPSA) is 0 Å². The van der Waals surface area contributed by atoms with Crippen LogP contribution in [0.3, 0.4) is 0 Å². The maximum absolute atomic E-state index is 5.41. The van der Waals surface area contributed by atoms with E-state index in [9.17, 15) is 0 Å². The van der Waals surface area contributed by atoms with Gasteiger partial charge in [0.1, 0.15) is 0 Å². The van der Waals surface area contributed by atoms with Gasteiger partial charge in [-0.3, -0.25) is 0 Å². The third-order valence-electron chi connectivity index (χ3n) is 4.71. The van der Waals surface area contributed by atoms with Crippen LogP contribution in [0, 0.1) is 30.1 Å². The molecule has 17 heavy (non-hydrogen) atoms. The van der Waals surface area contributed by atoms with E-state index in [2.05, 4.69) is 25.8 Å². The van der Waals surface area contributed by atoms with E-state index < -0.39 is 0 Å². The van der Waals surface area contributed by atoms with Crippen LogP contribution < -0.4 is 0 Å². The number of hydrogen-bond acceptors (Lipinski definition) is 0. The van der Waals surface area contributed by atoms with E-state index in [-0.39, 0.29) is 0 Å². The van der Waals surface area contributed by atoms with Crippen molar-refractivity contribution >= 4 is 0 Å². The molecule has 2 saturated carbocycles. The van der Waals surface area contributed by atoms with Gasteiger partial charge in [-0.2, -0.15) is 0 Å². The van der Waals surface area contributed by atoms with Crippen molar-refractivity contribution in [3.05, 3.63) is 23.3 Å². The van der Waals surface area contributed by atoms with Gasteiger partial charge in [0.05, 0.1) is 0 Å². The van der Waals surface area contributed by atoms with Gasteiger partial charge in [-0.1, -0.05) is 31.8 Å². The lowest BCUT2D eigenvalue weighted by molar-refractivity contribution is 0.219. The van der Waals surface area contributed by atoms with Gasteiger partial charge in [0.2, 0.25) is 0 Å². The smallest absolute Gasteiger partial charge is 0.00867 e. The summed E-state index contributed by atoms with van der Waals surface area (Å²) in [5, 5.41) is 0. The predicted octanol–water partition coefficient (Wildman–Crippen LogP) is 4.73. The molecule has 1 unspecified atom stereocenters. The number of rotatable bonds is 1. The third kappa shape index (κ3) is 2.83. The SMILES string of the molecule is C#C/C=C1/CC(C2CCC(C)CC2)C/C1=C/C. The summed E-state index contributed by atoms with van der Waals surface area (Å²) < 4.78 is 0. The van der Waals surface area contributed by atoms with Gasteiger partial charge in [-0.15, -0.1) is 6.42 Å². The van der Waals surface area contributed by atoms with Crippen LogP contribution in [0.4, 0.5) is 0 Å². The molecule has 0 heterocycles. The Labute approximate surface area is 106 Å². The first-order valence-electron chi connectivity index (χ1n) is 7.05. The van der Waals surface area contributed by atoms with E-state index in [0.717, 1.165) is 17.8 Å². The highest BCUT2D eigenvalue weighted by Crippen LogP contribution is 2.44. The van der Waals surface area contributed by atoms with Crippen LogP contribution in [0.25, 0.3) is 0 Å². The first-order valence-corrected chi connectivity index (χ1v) is 7.05. The molecule has 0 spiro atoms. The predicted molar refractivity (Wildman–Crippen MR) is 74.5 cm³/mol. The molecule has 2 aliphatic carbocycles. The van der Waals surface area contributed by atoms with E-state index in [1.165, 1.54) is 49.7 Å². The maximum atomic E-state index is 5.41. The van der Waals surface area contributed by atoms with Crippen LogP contribution in [0.2, 0.25) is 0 Å². The molecule has 0 heteroatoms. The van der Waals surface area contributed by atoms with Crippen molar-refractivity contribution in [2.45, 2.75) is 52.4 Å². The van der Waals surface area contributed by atoms with Crippen LogP contribution in [0.5, 0.6) is 0 Å². The normalized spacial score (nSPS) is 38.5. The Balaban J connectivity index is 2.01. The molecule has 92 valence electrons. The lowest BCUT2D eigenvalue weighted by atomic mass is 9.75. The molecule has 2 aliphatic rings. The Morgan fingerprint density at radius 1 is 1.06 bits per heavy atom. The van der Waals surface area contributed by atoms with E-state index in [1.54, 1.807) is 0 Å². The number of terminal acetylenes is 1. The summed E-state index contributed by atoms with van der Waals surface area (Å²) in [5.74, 6) is 5.47. The lowest BCUT2D eigenvalue weighted by Crippen LogP contribution is -2.18. The van der Waals surface area contributed by atoms with Gasteiger partial charge in [0, 0.05) is 0 Å². The van der Waals surface area contributed by atoms with Crippen molar-refractivity contribution in [2.75, 3.05) is 0 Å². The first kappa shape index (κ1) is 12.5. The Morgan fingerprint density at radius 3 is 2.29 bits per heavy atom. The molecule has 0 aromatic heterocycles. The second-order valence-corrected chi connectivity index (χ2v) is 5.84. The molecule has 2 rings (SSSR count). The molecule has 1 atom stereocenters. The van der Waals surface area contributed by atoms with Crippen molar-refractivity contribution in [1.29, 1.82) is 0 Å². The molecular weight excluding hydrogens is 204 g/mol. The zero-order valence-corrected chi connectivity index (χ0v) is 11.2. The van der Waals surface area contributed by atoms with Gasteiger partial charge in [-0.05, 0) is 67.6 Å². The second kappa shape index (κ2) is 5.58. The largest absolute Gasteiger partial charge is 0.115 e. The zero-order valence-electron chi connectivity index (χ0n) is 11.2. The summed E-state index contributed by atoms with van der Waals surface area (Å²) in [4.78, 5) is 0. The molecule has 0 bridgehead atoms. The summed E-state index contributed by atoms with van der Waals surface area (Å²) in [6, 6.07) is 0. The molecule has 0 aromatic rings. The van der Waals surface area contributed by atoms with E-state index in [0.29, 0.717) is 0 Å². The van der Waals surface area contributed by atoms with Gasteiger partial charge in [-0.25, -0.2) is 0 Å². The summed E-state index contributed by atoms with van der Waals surface area (Å²) in [7, 11) is 0. The third-order valence-corrected chi connectivity index (χ3v) is 4.71. The molecule has 0 nitrogen and oxygen atoms in total. The van der Waals surface area contributed by atoms with Gasteiger partial charge in [0.15, 0.2) is 0 Å². The van der Waals surface area contributed by atoms with Crippen LogP contribution in [-0.2, 0) is 0 Å². The summed E-state index contributed by atoms with van der Waals surface area (Å²) in [6.45, 7) is 4.54. The fourth-order valence-corrected chi connectivity index (χ4v) is 3.55. The van der Waals surface area contributed by atoms with Crippen molar-refractivity contribution in [2.24, 2.45) is 17.8 Å². The van der Waals surface area contributed by atoms with Gasteiger partial charge >= 0.3 is 0 Å². The average Bonchev–Trinajstić information content (AvgIpc) is 2.74. The molecule has 0 aromatic carbocycles. The summed E-state index contributed by atoms with van der Waals surface area (Å²) in [6.07, 6.45) is 17.9. The fraction of sp³-hybridized carbons (Fsp3) is 0.647. The van der Waals surface area contributed by atoms with Crippen molar-refractivity contribution in [3.8, 4) is 12.3 Å². The van der Waals surface area contributed by atoms with Crippen molar-refractivity contribution < 1.29 is 0 Å². The molecule has 0 aliphatic heterocycles. The first-order chi connectivity index (χ1) is 8.24. The quantitative estimate of drug-likeness (QED) is 0.569. The maximum Gasteiger partial charge on any atom is -0.00867 e. The Hall–Kier alpha value is -0.960. The zero-order chi connectivity index (χ0) is 12.3. The molecular formula is C17H24. The monoisotopic (exact) mass is 228 g/mol. The molecule has 0 amide bonds.